The molecule has 0 spiro atoms. The van der Waals surface area contributed by atoms with Gasteiger partial charge in [-0.2, -0.15) is 0 Å². The van der Waals surface area contributed by atoms with Crippen LogP contribution in [0.4, 0.5) is 4.39 Å². The molecule has 25 heavy (non-hydrogen) atoms. The second-order valence-corrected chi connectivity index (χ2v) is 6.24. The Labute approximate surface area is 146 Å². The predicted molar refractivity (Wildman–Crippen MR) is 89.7 cm³/mol. The molecule has 0 saturated carbocycles. The molecule has 1 unspecified atom stereocenters. The first-order chi connectivity index (χ1) is 12.1. The monoisotopic (exact) mass is 344 g/mol. The molecule has 1 aliphatic rings. The van der Waals surface area contributed by atoms with Gasteiger partial charge in [0.2, 0.25) is 11.8 Å². The molecular formula is C19H21FN2O3. The molecule has 2 aromatic rings. The molecule has 0 N–H and O–H groups in total. The van der Waals surface area contributed by atoms with Crippen molar-refractivity contribution < 1.29 is 18.4 Å². The minimum atomic E-state index is -0.365. The van der Waals surface area contributed by atoms with E-state index in [-0.39, 0.29) is 30.0 Å². The van der Waals surface area contributed by atoms with E-state index in [1.165, 1.54) is 12.1 Å². The maximum atomic E-state index is 13.3. The fourth-order valence-electron chi connectivity index (χ4n) is 3.14. The third-order valence-electron chi connectivity index (χ3n) is 4.45. The number of nitrogens with zero attached hydrogens (tertiary/aromatic N) is 2. The van der Waals surface area contributed by atoms with Crippen LogP contribution in [0.25, 0.3) is 0 Å². The summed E-state index contributed by atoms with van der Waals surface area (Å²) in [6.45, 7) is 3.51. The van der Waals surface area contributed by atoms with E-state index in [9.17, 15) is 14.0 Å². The summed E-state index contributed by atoms with van der Waals surface area (Å²) in [5, 5.41) is 0. The van der Waals surface area contributed by atoms with Crippen molar-refractivity contribution in [1.82, 2.24) is 9.80 Å². The average molecular weight is 344 g/mol. The molecule has 0 aliphatic carbocycles. The Morgan fingerprint density at radius 3 is 2.88 bits per heavy atom. The molecular weight excluding hydrogens is 323 g/mol. The normalized spacial score (nSPS) is 17.1. The van der Waals surface area contributed by atoms with E-state index in [0.29, 0.717) is 31.9 Å². The summed E-state index contributed by atoms with van der Waals surface area (Å²) in [5.74, 6) is -0.0928. The van der Waals surface area contributed by atoms with Crippen LogP contribution in [-0.2, 0) is 22.7 Å². The lowest BCUT2D eigenvalue weighted by Crippen LogP contribution is -2.36. The largest absolute Gasteiger partial charge is 0.467 e. The highest BCUT2D eigenvalue weighted by Gasteiger charge is 2.36. The van der Waals surface area contributed by atoms with E-state index in [1.807, 2.05) is 13.0 Å². The Morgan fingerprint density at radius 1 is 1.36 bits per heavy atom. The molecule has 132 valence electrons. The summed E-state index contributed by atoms with van der Waals surface area (Å²) in [7, 11) is 0. The highest BCUT2D eigenvalue weighted by atomic mass is 19.1. The third-order valence-corrected chi connectivity index (χ3v) is 4.45. The summed E-state index contributed by atoms with van der Waals surface area (Å²) in [6.07, 6.45) is 1.77. The van der Waals surface area contributed by atoms with Gasteiger partial charge in [0.25, 0.3) is 0 Å². The van der Waals surface area contributed by atoms with Gasteiger partial charge in [-0.1, -0.05) is 12.1 Å². The summed E-state index contributed by atoms with van der Waals surface area (Å²) >= 11 is 0. The molecule has 6 heteroatoms. The van der Waals surface area contributed by atoms with Gasteiger partial charge in [0, 0.05) is 26.1 Å². The SMILES string of the molecule is CCN(Cc1cccc(F)c1)C(=O)C1CC(=O)N(Cc2ccco2)C1. The Morgan fingerprint density at radius 2 is 2.20 bits per heavy atom. The van der Waals surface area contributed by atoms with Crippen LogP contribution >= 0.6 is 0 Å². The number of hydrogen-bond acceptors (Lipinski definition) is 3. The topological polar surface area (TPSA) is 53.8 Å². The molecule has 1 atom stereocenters. The minimum absolute atomic E-state index is 0.0449. The van der Waals surface area contributed by atoms with Crippen molar-refractivity contribution in [2.24, 2.45) is 5.92 Å². The number of amides is 2. The number of rotatable bonds is 6. The van der Waals surface area contributed by atoms with Gasteiger partial charge in [0.1, 0.15) is 11.6 Å². The van der Waals surface area contributed by atoms with Crippen LogP contribution < -0.4 is 0 Å². The van der Waals surface area contributed by atoms with Gasteiger partial charge in [-0.3, -0.25) is 9.59 Å². The van der Waals surface area contributed by atoms with E-state index in [4.69, 9.17) is 4.42 Å². The minimum Gasteiger partial charge on any atom is -0.467 e. The van der Waals surface area contributed by atoms with Crippen molar-refractivity contribution in [2.75, 3.05) is 13.1 Å². The van der Waals surface area contributed by atoms with Crippen LogP contribution in [0.5, 0.6) is 0 Å². The maximum absolute atomic E-state index is 13.3. The van der Waals surface area contributed by atoms with Gasteiger partial charge < -0.3 is 14.2 Å². The van der Waals surface area contributed by atoms with Gasteiger partial charge in [-0.25, -0.2) is 4.39 Å². The van der Waals surface area contributed by atoms with Gasteiger partial charge in [0.05, 0.1) is 18.7 Å². The molecule has 5 nitrogen and oxygen atoms in total. The average Bonchev–Trinajstić information content (AvgIpc) is 3.23. The zero-order chi connectivity index (χ0) is 17.8. The molecule has 0 bridgehead atoms. The van der Waals surface area contributed by atoms with Gasteiger partial charge >= 0.3 is 0 Å². The Bertz CT molecular complexity index is 745. The zero-order valence-corrected chi connectivity index (χ0v) is 14.2. The number of carbonyl (C=O) groups excluding carboxylic acids is 2. The number of likely N-dealkylation sites (tertiary alicyclic amines) is 1. The molecule has 1 aliphatic heterocycles. The Kier molecular flexibility index (Phi) is 5.16. The van der Waals surface area contributed by atoms with Gasteiger partial charge in [-0.15, -0.1) is 0 Å². The number of benzene rings is 1. The van der Waals surface area contributed by atoms with E-state index in [1.54, 1.807) is 34.3 Å². The Balaban J connectivity index is 1.63. The number of furan rings is 1. The molecule has 0 radical (unpaired) electrons. The van der Waals surface area contributed by atoms with Crippen molar-refractivity contribution in [1.29, 1.82) is 0 Å². The zero-order valence-electron chi connectivity index (χ0n) is 14.2. The first kappa shape index (κ1) is 17.2. The number of carbonyl (C=O) groups is 2. The van der Waals surface area contributed by atoms with Crippen LogP contribution in [0.15, 0.2) is 47.1 Å². The quantitative estimate of drug-likeness (QED) is 0.810. The van der Waals surface area contributed by atoms with Crippen LogP contribution in [-0.4, -0.2) is 34.7 Å². The van der Waals surface area contributed by atoms with E-state index in [0.717, 1.165) is 5.56 Å². The smallest absolute Gasteiger partial charge is 0.228 e. The van der Waals surface area contributed by atoms with Crippen LogP contribution in [0.1, 0.15) is 24.7 Å². The van der Waals surface area contributed by atoms with E-state index < -0.39 is 0 Å². The van der Waals surface area contributed by atoms with E-state index >= 15 is 0 Å². The fourth-order valence-corrected chi connectivity index (χ4v) is 3.14. The van der Waals surface area contributed by atoms with Crippen molar-refractivity contribution in [3.05, 3.63) is 59.8 Å². The number of halogens is 1. The molecule has 1 fully saturated rings. The van der Waals surface area contributed by atoms with Gasteiger partial charge in [-0.05, 0) is 36.8 Å². The third kappa shape index (κ3) is 4.07. The molecule has 1 aromatic carbocycles. The van der Waals surface area contributed by atoms with Crippen molar-refractivity contribution in [3.63, 3.8) is 0 Å². The molecule has 2 amide bonds. The van der Waals surface area contributed by atoms with Crippen LogP contribution in [0.2, 0.25) is 0 Å². The highest BCUT2D eigenvalue weighted by Crippen LogP contribution is 2.23. The lowest BCUT2D eigenvalue weighted by Gasteiger charge is -2.24. The van der Waals surface area contributed by atoms with Crippen LogP contribution in [0.3, 0.4) is 0 Å². The number of hydrogen-bond donors (Lipinski definition) is 0. The first-order valence-corrected chi connectivity index (χ1v) is 8.40. The summed E-state index contributed by atoms with van der Waals surface area (Å²) in [4.78, 5) is 28.3. The second-order valence-electron chi connectivity index (χ2n) is 6.24. The van der Waals surface area contributed by atoms with Crippen molar-refractivity contribution in [2.45, 2.75) is 26.4 Å². The lowest BCUT2D eigenvalue weighted by molar-refractivity contribution is -0.136. The molecule has 1 aromatic heterocycles. The van der Waals surface area contributed by atoms with Crippen LogP contribution in [0, 0.1) is 11.7 Å². The fraction of sp³-hybridized carbons (Fsp3) is 0.368. The lowest BCUT2D eigenvalue weighted by atomic mass is 10.1. The summed E-state index contributed by atoms with van der Waals surface area (Å²) in [6, 6.07) is 9.82. The Hall–Kier alpha value is -2.63. The molecule has 2 heterocycles. The highest BCUT2D eigenvalue weighted by molar-refractivity contribution is 5.89. The van der Waals surface area contributed by atoms with Crippen molar-refractivity contribution >= 4 is 11.8 Å². The summed E-state index contributed by atoms with van der Waals surface area (Å²) < 4.78 is 18.6. The predicted octanol–water partition coefficient (Wildman–Crippen LogP) is 2.82. The molecule has 1 saturated heterocycles. The maximum Gasteiger partial charge on any atom is 0.228 e. The molecule has 3 rings (SSSR count). The van der Waals surface area contributed by atoms with Crippen molar-refractivity contribution in [3.8, 4) is 0 Å². The standard InChI is InChI=1S/C19H21FN2O3/c1-2-21(11-14-5-3-6-16(20)9-14)19(24)15-10-18(23)22(12-15)13-17-7-4-8-25-17/h3-9,15H,2,10-13H2,1H3. The first-order valence-electron chi connectivity index (χ1n) is 8.40. The van der Waals surface area contributed by atoms with Gasteiger partial charge in [0.15, 0.2) is 0 Å². The second kappa shape index (κ2) is 7.51. The summed E-state index contributed by atoms with van der Waals surface area (Å²) in [5.41, 5.74) is 0.743. The van der Waals surface area contributed by atoms with E-state index in [2.05, 4.69) is 0 Å².